The number of carbonyl (C=O) groups is 6. The van der Waals surface area contributed by atoms with E-state index in [1.807, 2.05) is 0 Å². The summed E-state index contributed by atoms with van der Waals surface area (Å²) >= 11 is 0. The number of Topliss-reactive ketones (excluding diaryl/α,β-unsaturated/α-hetero) is 1. The molecule has 2 aromatic carbocycles. The summed E-state index contributed by atoms with van der Waals surface area (Å²) in [6.45, 7) is 9.47. The van der Waals surface area contributed by atoms with Gasteiger partial charge in [-0.3, -0.25) is 24.2 Å². The number of aliphatic hydroxyl groups excluding tert-OH is 2. The van der Waals surface area contributed by atoms with Gasteiger partial charge >= 0.3 is 23.9 Å². The monoisotopic (exact) mass is 854 g/mol. The molecule has 16 heteroatoms. The summed E-state index contributed by atoms with van der Waals surface area (Å²) in [6.07, 6.45) is -8.08. The molecule has 5 aliphatic rings. The molecule has 2 saturated carbocycles. The normalized spacial score (nSPS) is 32.9. The molecule has 3 aliphatic carbocycles. The number of aromatic nitrogens is 1. The Morgan fingerprint density at radius 1 is 0.855 bits per heavy atom. The number of benzene rings is 2. The van der Waals surface area contributed by atoms with Crippen molar-refractivity contribution in [2.24, 2.45) is 16.7 Å². The molecule has 16 nitrogen and oxygen atoms in total. The molecule has 0 spiro atoms. The summed E-state index contributed by atoms with van der Waals surface area (Å²) in [5.41, 5.74) is -8.08. The number of nitrogens with one attached hydrogen (secondary N) is 1. The molecule has 62 heavy (non-hydrogen) atoms. The van der Waals surface area contributed by atoms with E-state index in [0.29, 0.717) is 0 Å². The average molecular weight is 855 g/mol. The molecule has 4 fully saturated rings. The van der Waals surface area contributed by atoms with Crippen LogP contribution in [-0.2, 0) is 42.9 Å². The van der Waals surface area contributed by atoms with Crippen LogP contribution in [0.3, 0.4) is 0 Å². The second kappa shape index (κ2) is 15.8. The Kier molecular flexibility index (Phi) is 11.3. The fraction of sp³-hybridized carbons (Fsp3) is 0.457. The minimum Gasteiger partial charge on any atom is -0.456 e. The molecule has 2 aliphatic heterocycles. The smallest absolute Gasteiger partial charge is 0.338 e. The third-order valence-electron chi connectivity index (χ3n) is 13.4. The van der Waals surface area contributed by atoms with Crippen molar-refractivity contribution in [3.8, 4) is 0 Å². The minimum atomic E-state index is -2.75. The number of ketones is 1. The summed E-state index contributed by atoms with van der Waals surface area (Å²) in [5.74, 6) is -10.1. The van der Waals surface area contributed by atoms with Crippen LogP contribution in [0.1, 0.15) is 93.8 Å². The van der Waals surface area contributed by atoms with E-state index in [1.165, 1.54) is 71.1 Å². The fourth-order valence-corrected chi connectivity index (χ4v) is 10.4. The molecule has 4 N–H and O–H groups in total. The zero-order valence-corrected chi connectivity index (χ0v) is 35.3. The molecule has 0 unspecified atom stereocenters. The van der Waals surface area contributed by atoms with Gasteiger partial charge < -0.3 is 44.3 Å². The summed E-state index contributed by atoms with van der Waals surface area (Å²) in [6, 6.07) is 19.1. The number of rotatable bonds is 10. The zero-order chi connectivity index (χ0) is 45.2. The second-order valence-corrected chi connectivity index (χ2v) is 17.4. The van der Waals surface area contributed by atoms with Gasteiger partial charge in [0.05, 0.1) is 28.7 Å². The first-order valence-corrected chi connectivity index (χ1v) is 20.3. The lowest BCUT2D eigenvalue weighted by molar-refractivity contribution is -0.266. The standard InChI is InChI=1S/C46H50N2O14/c1-24-30(58-40(55)34(52)33(29-20-14-15-21-47-29)48-38(53)27-16-10-8-11-17-27)23-45(57)37(59-39(54)28-18-12-9-13-19-28)36-43(6)31(51)22-32(44(36,7)60-25(2)49)62-46(41(43)56,61-26(3)50)35(24)42(45,4)5/h8-21,30-34,36-37,51-52,57H,22-23H2,1-7H3,(H,48,53)/t30-,31-,32+,33-,34+,36-,37-,43+,44-,45+,46-/m0/s1. The zero-order valence-electron chi connectivity index (χ0n) is 35.3. The maximum absolute atomic E-state index is 15.7. The van der Waals surface area contributed by atoms with Gasteiger partial charge in [0.25, 0.3) is 11.7 Å². The lowest BCUT2D eigenvalue weighted by Gasteiger charge is -2.62. The maximum Gasteiger partial charge on any atom is 0.338 e. The van der Waals surface area contributed by atoms with E-state index in [4.69, 9.17) is 23.7 Å². The van der Waals surface area contributed by atoms with Crippen LogP contribution >= 0.6 is 0 Å². The maximum atomic E-state index is 15.7. The Morgan fingerprint density at radius 2 is 1.45 bits per heavy atom. The molecular formula is C46H50N2O14. The molecule has 0 radical (unpaired) electrons. The first-order valence-electron chi connectivity index (χ1n) is 20.3. The highest BCUT2D eigenvalue weighted by atomic mass is 16.7. The molecule has 3 heterocycles. The first kappa shape index (κ1) is 44.3. The third-order valence-corrected chi connectivity index (χ3v) is 13.4. The largest absolute Gasteiger partial charge is 0.456 e. The summed E-state index contributed by atoms with van der Waals surface area (Å²) < 4.78 is 31.2. The van der Waals surface area contributed by atoms with Crippen LogP contribution in [0.15, 0.2) is 96.2 Å². The van der Waals surface area contributed by atoms with Gasteiger partial charge in [0, 0.05) is 49.4 Å². The van der Waals surface area contributed by atoms with Crippen molar-refractivity contribution < 1.29 is 67.8 Å². The minimum absolute atomic E-state index is 0.0534. The fourth-order valence-electron chi connectivity index (χ4n) is 10.4. The molecule has 8 rings (SSSR count). The van der Waals surface area contributed by atoms with Crippen LogP contribution in [0.5, 0.6) is 0 Å². The number of ether oxygens (including phenoxy) is 5. The predicted molar refractivity (Wildman–Crippen MR) is 215 cm³/mol. The lowest BCUT2D eigenvalue weighted by Crippen LogP contribution is -2.76. The average Bonchev–Trinajstić information content (AvgIpc) is 3.33. The van der Waals surface area contributed by atoms with Crippen LogP contribution in [0.25, 0.3) is 0 Å². The van der Waals surface area contributed by atoms with E-state index in [1.54, 1.807) is 48.5 Å². The number of aliphatic hydroxyl groups is 3. The van der Waals surface area contributed by atoms with Crippen molar-refractivity contribution in [3.63, 3.8) is 0 Å². The molecule has 11 atom stereocenters. The van der Waals surface area contributed by atoms with Crippen LogP contribution in [0, 0.1) is 16.7 Å². The van der Waals surface area contributed by atoms with Gasteiger partial charge in [-0.15, -0.1) is 0 Å². The van der Waals surface area contributed by atoms with Crippen molar-refractivity contribution in [1.82, 2.24) is 10.3 Å². The Labute approximate surface area is 357 Å². The number of amides is 1. The summed E-state index contributed by atoms with van der Waals surface area (Å²) in [4.78, 5) is 88.3. The SMILES string of the molecule is CC(=O)O[C@@]12O[C@@H]3C[C@H](O)[C@@](C)(C1=O)[C@H]([C@H](OC(=O)c1ccccc1)[C@]1(O)C[C@H](OC(=O)[C@H](O)[C@@H](NC(=O)c4ccccc4)c4ccccn4)C(C)=C2C1(C)C)[C@@]3(C)OC(C)=O. The number of esters is 4. The molecule has 328 valence electrons. The quantitative estimate of drug-likeness (QED) is 0.130. The Morgan fingerprint density at radius 3 is 2.03 bits per heavy atom. The number of hydrogen-bond acceptors (Lipinski definition) is 15. The molecular weight excluding hydrogens is 805 g/mol. The molecule has 6 bridgehead atoms. The molecule has 3 aromatic rings. The van der Waals surface area contributed by atoms with Gasteiger partial charge in [-0.1, -0.05) is 56.3 Å². The number of pyridine rings is 1. The first-order chi connectivity index (χ1) is 29.1. The number of fused-ring (bicyclic) bond motifs is 3. The van der Waals surface area contributed by atoms with Gasteiger partial charge in [0.1, 0.15) is 35.6 Å². The molecule has 1 amide bonds. The number of carbonyl (C=O) groups excluding carboxylic acids is 6. The predicted octanol–water partition coefficient (Wildman–Crippen LogP) is 3.48. The topological polar surface area (TPSA) is 234 Å². The van der Waals surface area contributed by atoms with Crippen LogP contribution in [-0.4, -0.2) is 103 Å². The van der Waals surface area contributed by atoms with Crippen molar-refractivity contribution >= 4 is 35.6 Å². The van der Waals surface area contributed by atoms with Gasteiger partial charge in [0.2, 0.25) is 5.78 Å². The Bertz CT molecular complexity index is 2320. The van der Waals surface area contributed by atoms with E-state index >= 15 is 4.79 Å². The summed E-state index contributed by atoms with van der Waals surface area (Å²) in [7, 11) is 0. The van der Waals surface area contributed by atoms with Gasteiger partial charge in [-0.05, 0) is 62.7 Å². The van der Waals surface area contributed by atoms with Gasteiger partial charge in [-0.2, -0.15) is 0 Å². The van der Waals surface area contributed by atoms with Crippen LogP contribution in [0.2, 0.25) is 0 Å². The van der Waals surface area contributed by atoms with E-state index in [2.05, 4.69) is 10.3 Å². The highest BCUT2D eigenvalue weighted by Crippen LogP contribution is 2.67. The Hall–Kier alpha value is -5.81. The summed E-state index contributed by atoms with van der Waals surface area (Å²) in [5, 5.41) is 40.1. The van der Waals surface area contributed by atoms with E-state index in [-0.39, 0.29) is 34.4 Å². The van der Waals surface area contributed by atoms with Gasteiger partial charge in [0.15, 0.2) is 6.10 Å². The van der Waals surface area contributed by atoms with Crippen molar-refractivity contribution in [1.29, 1.82) is 0 Å². The van der Waals surface area contributed by atoms with E-state index in [9.17, 15) is 39.3 Å². The number of hydrogen-bond donors (Lipinski definition) is 4. The second-order valence-electron chi connectivity index (χ2n) is 17.4. The van der Waals surface area contributed by atoms with Crippen LogP contribution < -0.4 is 5.32 Å². The highest BCUT2D eigenvalue weighted by molar-refractivity contribution is 5.99. The van der Waals surface area contributed by atoms with E-state index < -0.39 is 112 Å². The molecule has 1 aromatic heterocycles. The Balaban J connectivity index is 1.42. The van der Waals surface area contributed by atoms with E-state index in [0.717, 1.165) is 13.8 Å². The lowest BCUT2D eigenvalue weighted by atomic mass is 9.46. The van der Waals surface area contributed by atoms with Crippen molar-refractivity contribution in [2.45, 2.75) is 115 Å². The van der Waals surface area contributed by atoms with Crippen LogP contribution in [0.4, 0.5) is 0 Å². The van der Waals surface area contributed by atoms with Gasteiger partial charge in [-0.25, -0.2) is 9.59 Å². The van der Waals surface area contributed by atoms with Crippen molar-refractivity contribution in [2.75, 3.05) is 0 Å². The highest BCUT2D eigenvalue weighted by Gasteiger charge is 2.81. The third kappa shape index (κ3) is 6.89. The van der Waals surface area contributed by atoms with Crippen molar-refractivity contribution in [3.05, 3.63) is 113 Å². The molecule has 2 saturated heterocycles. The number of nitrogens with zero attached hydrogens (tertiary/aromatic N) is 1.